The number of carbonyl (C=O) groups is 1. The van der Waals surface area contributed by atoms with E-state index in [0.29, 0.717) is 31.1 Å². The third-order valence-corrected chi connectivity index (χ3v) is 6.40. The minimum absolute atomic E-state index is 0.0434. The summed E-state index contributed by atoms with van der Waals surface area (Å²) in [6.07, 6.45) is 4.84. The molecule has 2 aliphatic heterocycles. The standard InChI is InChI=1S/C22H27N7O/c1-2-29-21-19(25-26-29)20(23-15-24-21)28-13-18(14-28)22(30)27-10-8-17(9-11-27)12-16-6-4-3-5-7-16/h3-7,15,17-18H,2,8-14H2,1H3. The number of fused-ring (bicyclic) bond motifs is 1. The van der Waals surface area contributed by atoms with E-state index in [1.807, 2.05) is 6.92 Å². The number of hydrogen-bond donors (Lipinski definition) is 0. The maximum atomic E-state index is 13.0. The Morgan fingerprint density at radius 3 is 2.60 bits per heavy atom. The summed E-state index contributed by atoms with van der Waals surface area (Å²) in [5, 5.41) is 8.39. The van der Waals surface area contributed by atoms with Gasteiger partial charge in [-0.25, -0.2) is 14.6 Å². The molecular formula is C22H27N7O. The Morgan fingerprint density at radius 2 is 1.87 bits per heavy atom. The second-order valence-corrected chi connectivity index (χ2v) is 8.33. The quantitative estimate of drug-likeness (QED) is 0.647. The van der Waals surface area contributed by atoms with Gasteiger partial charge in [-0.2, -0.15) is 0 Å². The molecule has 8 heteroatoms. The number of amides is 1. The molecule has 5 rings (SSSR count). The zero-order valence-electron chi connectivity index (χ0n) is 17.3. The first kappa shape index (κ1) is 19.0. The molecule has 2 fully saturated rings. The molecule has 1 aromatic carbocycles. The average Bonchev–Trinajstić information content (AvgIpc) is 3.18. The summed E-state index contributed by atoms with van der Waals surface area (Å²) < 4.78 is 1.77. The highest BCUT2D eigenvalue weighted by Crippen LogP contribution is 2.30. The molecule has 0 spiro atoms. The Balaban J connectivity index is 1.16. The van der Waals surface area contributed by atoms with Gasteiger partial charge in [0.1, 0.15) is 6.33 Å². The zero-order valence-corrected chi connectivity index (χ0v) is 17.3. The number of carbonyl (C=O) groups excluding carboxylic acids is 1. The molecule has 30 heavy (non-hydrogen) atoms. The van der Waals surface area contributed by atoms with Crippen molar-refractivity contribution in [1.82, 2.24) is 29.9 Å². The largest absolute Gasteiger partial charge is 0.353 e. The van der Waals surface area contributed by atoms with Gasteiger partial charge in [-0.1, -0.05) is 35.5 Å². The summed E-state index contributed by atoms with van der Waals surface area (Å²) in [6, 6.07) is 10.7. The topological polar surface area (TPSA) is 80.0 Å². The van der Waals surface area contributed by atoms with Gasteiger partial charge in [-0.3, -0.25) is 4.79 Å². The van der Waals surface area contributed by atoms with Crippen molar-refractivity contribution in [3.05, 3.63) is 42.2 Å². The van der Waals surface area contributed by atoms with Crippen LogP contribution in [-0.2, 0) is 17.8 Å². The molecule has 0 saturated carbocycles. The maximum Gasteiger partial charge on any atom is 0.229 e. The summed E-state index contributed by atoms with van der Waals surface area (Å²) in [6.45, 7) is 5.85. The second kappa shape index (κ2) is 8.01. The van der Waals surface area contributed by atoms with Gasteiger partial charge in [0.25, 0.3) is 0 Å². The molecule has 4 heterocycles. The van der Waals surface area contributed by atoms with Crippen molar-refractivity contribution in [2.45, 2.75) is 32.7 Å². The maximum absolute atomic E-state index is 13.0. The van der Waals surface area contributed by atoms with Crippen molar-refractivity contribution in [2.24, 2.45) is 11.8 Å². The van der Waals surface area contributed by atoms with Crippen molar-refractivity contribution in [1.29, 1.82) is 0 Å². The molecule has 0 bridgehead atoms. The van der Waals surface area contributed by atoms with Crippen LogP contribution in [0.25, 0.3) is 11.2 Å². The van der Waals surface area contributed by atoms with E-state index >= 15 is 0 Å². The fraction of sp³-hybridized carbons (Fsp3) is 0.500. The van der Waals surface area contributed by atoms with E-state index < -0.39 is 0 Å². The first-order valence-electron chi connectivity index (χ1n) is 10.8. The Bertz CT molecular complexity index is 1020. The monoisotopic (exact) mass is 405 g/mol. The van der Waals surface area contributed by atoms with Gasteiger partial charge in [-0.15, -0.1) is 5.10 Å². The zero-order chi connectivity index (χ0) is 20.5. The minimum atomic E-state index is 0.0434. The predicted octanol–water partition coefficient (Wildman–Crippen LogP) is 2.16. The summed E-state index contributed by atoms with van der Waals surface area (Å²) >= 11 is 0. The fourth-order valence-electron chi connectivity index (χ4n) is 4.60. The molecule has 2 aromatic heterocycles. The molecule has 0 N–H and O–H groups in total. The normalized spacial score (nSPS) is 18.0. The van der Waals surface area contributed by atoms with E-state index in [9.17, 15) is 4.79 Å². The summed E-state index contributed by atoms with van der Waals surface area (Å²) in [4.78, 5) is 25.9. The molecule has 0 unspecified atom stereocenters. The van der Waals surface area contributed by atoms with Crippen LogP contribution < -0.4 is 4.90 Å². The highest BCUT2D eigenvalue weighted by Gasteiger charge is 2.38. The first-order chi connectivity index (χ1) is 14.7. The molecule has 2 saturated heterocycles. The Morgan fingerprint density at radius 1 is 1.10 bits per heavy atom. The summed E-state index contributed by atoms with van der Waals surface area (Å²) in [7, 11) is 0. The van der Waals surface area contributed by atoms with Crippen molar-refractivity contribution in [3.63, 3.8) is 0 Å². The molecule has 3 aromatic rings. The lowest BCUT2D eigenvalue weighted by Gasteiger charge is -2.42. The van der Waals surface area contributed by atoms with E-state index in [0.717, 1.165) is 43.8 Å². The van der Waals surface area contributed by atoms with Gasteiger partial charge in [0.2, 0.25) is 5.91 Å². The fourth-order valence-corrected chi connectivity index (χ4v) is 4.60. The number of piperidine rings is 1. The van der Waals surface area contributed by atoms with Gasteiger partial charge in [0.05, 0.1) is 5.92 Å². The van der Waals surface area contributed by atoms with Crippen LogP contribution >= 0.6 is 0 Å². The van der Waals surface area contributed by atoms with Crippen molar-refractivity contribution < 1.29 is 4.79 Å². The second-order valence-electron chi connectivity index (χ2n) is 8.33. The number of nitrogens with zero attached hydrogens (tertiary/aromatic N) is 7. The molecule has 0 atom stereocenters. The SMILES string of the molecule is CCn1nnc2c(N3CC(C(=O)N4CCC(Cc5ccccc5)CC4)C3)ncnc21. The highest BCUT2D eigenvalue weighted by molar-refractivity contribution is 5.86. The Hall–Kier alpha value is -3.03. The summed E-state index contributed by atoms with van der Waals surface area (Å²) in [5.41, 5.74) is 2.86. The average molecular weight is 406 g/mol. The van der Waals surface area contributed by atoms with Crippen LogP contribution in [0.15, 0.2) is 36.7 Å². The molecule has 156 valence electrons. The van der Waals surface area contributed by atoms with Crippen LogP contribution in [0.3, 0.4) is 0 Å². The van der Waals surface area contributed by atoms with Crippen LogP contribution in [0, 0.1) is 11.8 Å². The number of hydrogen-bond acceptors (Lipinski definition) is 6. The van der Waals surface area contributed by atoms with Gasteiger partial charge < -0.3 is 9.80 Å². The van der Waals surface area contributed by atoms with Crippen LogP contribution in [0.1, 0.15) is 25.3 Å². The van der Waals surface area contributed by atoms with E-state index in [2.05, 4.69) is 60.4 Å². The van der Waals surface area contributed by atoms with E-state index in [4.69, 9.17) is 0 Å². The molecule has 2 aliphatic rings. The molecule has 0 aliphatic carbocycles. The van der Waals surface area contributed by atoms with E-state index in [1.54, 1.807) is 11.0 Å². The number of aryl methyl sites for hydroxylation is 1. The van der Waals surface area contributed by atoms with Crippen molar-refractivity contribution >= 4 is 22.9 Å². The van der Waals surface area contributed by atoms with Crippen molar-refractivity contribution in [2.75, 3.05) is 31.1 Å². The molecule has 1 amide bonds. The Labute approximate surface area is 175 Å². The summed E-state index contributed by atoms with van der Waals surface area (Å²) in [5.74, 6) is 1.78. The lowest BCUT2D eigenvalue weighted by atomic mass is 9.89. The van der Waals surface area contributed by atoms with Gasteiger partial charge in [0.15, 0.2) is 17.0 Å². The lowest BCUT2D eigenvalue weighted by molar-refractivity contribution is -0.137. The first-order valence-corrected chi connectivity index (χ1v) is 10.8. The molecular weight excluding hydrogens is 378 g/mol. The van der Waals surface area contributed by atoms with Crippen LogP contribution in [0.2, 0.25) is 0 Å². The third kappa shape index (κ3) is 3.51. The number of rotatable bonds is 5. The number of benzene rings is 1. The smallest absolute Gasteiger partial charge is 0.229 e. The highest BCUT2D eigenvalue weighted by atomic mass is 16.2. The number of likely N-dealkylation sites (tertiary alicyclic amines) is 1. The van der Waals surface area contributed by atoms with Crippen LogP contribution in [0.5, 0.6) is 0 Å². The molecule has 8 nitrogen and oxygen atoms in total. The number of anilines is 1. The lowest BCUT2D eigenvalue weighted by Crippen LogP contribution is -2.56. The van der Waals surface area contributed by atoms with Gasteiger partial charge >= 0.3 is 0 Å². The third-order valence-electron chi connectivity index (χ3n) is 6.40. The van der Waals surface area contributed by atoms with E-state index in [-0.39, 0.29) is 11.8 Å². The predicted molar refractivity (Wildman–Crippen MR) is 114 cm³/mol. The van der Waals surface area contributed by atoms with Crippen LogP contribution in [0.4, 0.5) is 5.82 Å². The van der Waals surface area contributed by atoms with Crippen molar-refractivity contribution in [3.8, 4) is 0 Å². The van der Waals surface area contributed by atoms with Gasteiger partial charge in [0, 0.05) is 32.7 Å². The van der Waals surface area contributed by atoms with Crippen LogP contribution in [-0.4, -0.2) is 61.9 Å². The van der Waals surface area contributed by atoms with Gasteiger partial charge in [-0.05, 0) is 37.7 Å². The minimum Gasteiger partial charge on any atom is -0.353 e. The number of aromatic nitrogens is 5. The van der Waals surface area contributed by atoms with E-state index in [1.165, 1.54) is 5.56 Å². The Kier molecular flexibility index (Phi) is 5.06. The molecule has 0 radical (unpaired) electrons.